The van der Waals surface area contributed by atoms with Gasteiger partial charge in [0, 0.05) is 4.90 Å². The molecule has 154 valence electrons. The first kappa shape index (κ1) is 21.3. The molecule has 1 aliphatic rings. The van der Waals surface area contributed by atoms with Gasteiger partial charge in [-0.3, -0.25) is 0 Å². The summed E-state index contributed by atoms with van der Waals surface area (Å²) >= 11 is 1.51. The molecule has 1 aliphatic heterocycles. The summed E-state index contributed by atoms with van der Waals surface area (Å²) in [5.41, 5.74) is 7.28. The summed E-state index contributed by atoms with van der Waals surface area (Å²) in [6, 6.07) is 19.0. The second-order valence-corrected chi connectivity index (χ2v) is 7.41. The van der Waals surface area contributed by atoms with Crippen LogP contribution in [0.4, 0.5) is 0 Å². The molecule has 0 spiro atoms. The zero-order chi connectivity index (χ0) is 21.5. The van der Waals surface area contributed by atoms with Gasteiger partial charge in [0.05, 0.1) is 31.0 Å². The fourth-order valence-corrected chi connectivity index (χ4v) is 4.01. The highest BCUT2D eigenvalue weighted by atomic mass is 32.2. The maximum Gasteiger partial charge on any atom is 0.338 e. The average molecular weight is 423 g/mol. The molecule has 1 unspecified atom stereocenters. The van der Waals surface area contributed by atoms with Gasteiger partial charge in [0.1, 0.15) is 23.2 Å². The van der Waals surface area contributed by atoms with Gasteiger partial charge in [-0.25, -0.2) is 4.79 Å². The summed E-state index contributed by atoms with van der Waals surface area (Å²) in [4.78, 5) is 13.9. The molecule has 6 nitrogen and oxygen atoms in total. The number of benzene rings is 2. The summed E-state index contributed by atoms with van der Waals surface area (Å²) in [6.07, 6.45) is 0. The first-order chi connectivity index (χ1) is 14.6. The van der Waals surface area contributed by atoms with Crippen molar-refractivity contribution in [1.29, 1.82) is 5.26 Å². The van der Waals surface area contributed by atoms with Gasteiger partial charge in [-0.15, -0.1) is 11.8 Å². The van der Waals surface area contributed by atoms with E-state index in [0.29, 0.717) is 17.3 Å². The summed E-state index contributed by atoms with van der Waals surface area (Å²) < 4.78 is 16.3. The highest BCUT2D eigenvalue weighted by molar-refractivity contribution is 7.99. The third kappa shape index (κ3) is 4.61. The van der Waals surface area contributed by atoms with E-state index >= 15 is 0 Å². The zero-order valence-electron chi connectivity index (χ0n) is 16.8. The van der Waals surface area contributed by atoms with Gasteiger partial charge >= 0.3 is 5.97 Å². The molecule has 0 amide bonds. The molecular formula is C23H22N2O4S. The maximum absolute atomic E-state index is 12.9. The predicted molar refractivity (Wildman–Crippen MR) is 114 cm³/mol. The Kier molecular flexibility index (Phi) is 7.04. The number of thioether (sulfide) groups is 1. The Balaban J connectivity index is 2.06. The van der Waals surface area contributed by atoms with Gasteiger partial charge in [-0.1, -0.05) is 30.3 Å². The van der Waals surface area contributed by atoms with Crippen molar-refractivity contribution < 1.29 is 19.0 Å². The molecule has 0 saturated carbocycles. The normalized spacial score (nSPS) is 16.0. The number of carbonyl (C=O) groups is 1. The van der Waals surface area contributed by atoms with Gasteiger partial charge in [0.15, 0.2) is 0 Å². The van der Waals surface area contributed by atoms with Crippen LogP contribution in [0, 0.1) is 11.3 Å². The molecule has 0 aromatic heterocycles. The predicted octanol–water partition coefficient (Wildman–Crippen LogP) is 4.11. The first-order valence-electron chi connectivity index (χ1n) is 9.38. The summed E-state index contributed by atoms with van der Waals surface area (Å²) in [5, 5.41) is 9.75. The number of nitriles is 1. The number of carbonyl (C=O) groups excluding carboxylic acids is 1. The summed E-state index contributed by atoms with van der Waals surface area (Å²) in [7, 11) is 1.57. The van der Waals surface area contributed by atoms with E-state index in [1.54, 1.807) is 38.3 Å². The van der Waals surface area contributed by atoms with Crippen LogP contribution in [0.25, 0.3) is 0 Å². The molecule has 2 aromatic carbocycles. The first-order valence-corrected chi connectivity index (χ1v) is 10.4. The van der Waals surface area contributed by atoms with Crippen LogP contribution < -0.4 is 10.5 Å². The van der Waals surface area contributed by atoms with Gasteiger partial charge in [0.2, 0.25) is 5.88 Å². The molecule has 0 bridgehead atoms. The SMILES string of the molecule is CCOC(=O)C1=C(CSc2ccccc2)OC(N)=C(C#N)C1c1ccc(OC)cc1. The fourth-order valence-electron chi connectivity index (χ4n) is 3.15. The Labute approximate surface area is 179 Å². The smallest absolute Gasteiger partial charge is 0.338 e. The van der Waals surface area contributed by atoms with Crippen molar-refractivity contribution in [1.82, 2.24) is 0 Å². The van der Waals surface area contributed by atoms with Crippen LogP contribution in [-0.4, -0.2) is 25.4 Å². The van der Waals surface area contributed by atoms with E-state index in [2.05, 4.69) is 6.07 Å². The molecule has 7 heteroatoms. The minimum atomic E-state index is -0.680. The van der Waals surface area contributed by atoms with Crippen molar-refractivity contribution in [3.8, 4) is 11.8 Å². The minimum absolute atomic E-state index is 0.00460. The summed E-state index contributed by atoms with van der Waals surface area (Å²) in [6.45, 7) is 1.94. The van der Waals surface area contributed by atoms with E-state index in [4.69, 9.17) is 19.9 Å². The average Bonchev–Trinajstić information content (AvgIpc) is 2.78. The number of ether oxygens (including phenoxy) is 3. The van der Waals surface area contributed by atoms with Gasteiger partial charge in [0.25, 0.3) is 0 Å². The highest BCUT2D eigenvalue weighted by Crippen LogP contribution is 2.41. The molecule has 0 fully saturated rings. The number of methoxy groups -OCH3 is 1. The second kappa shape index (κ2) is 9.90. The number of esters is 1. The van der Waals surface area contributed by atoms with Crippen LogP contribution in [-0.2, 0) is 14.3 Å². The lowest BCUT2D eigenvalue weighted by molar-refractivity contribution is -0.139. The quantitative estimate of drug-likeness (QED) is 0.530. The van der Waals surface area contributed by atoms with Crippen molar-refractivity contribution in [3.05, 3.63) is 82.9 Å². The topological polar surface area (TPSA) is 94.6 Å². The number of rotatable bonds is 7. The fraction of sp³-hybridized carbons (Fsp3) is 0.217. The van der Waals surface area contributed by atoms with E-state index in [9.17, 15) is 10.1 Å². The van der Waals surface area contributed by atoms with Gasteiger partial charge in [-0.2, -0.15) is 5.26 Å². The Morgan fingerprint density at radius 2 is 1.90 bits per heavy atom. The largest absolute Gasteiger partial charge is 0.497 e. The van der Waals surface area contributed by atoms with Crippen LogP contribution in [0.3, 0.4) is 0 Å². The zero-order valence-corrected chi connectivity index (χ0v) is 17.6. The van der Waals surface area contributed by atoms with E-state index < -0.39 is 11.9 Å². The molecule has 30 heavy (non-hydrogen) atoms. The minimum Gasteiger partial charge on any atom is -0.497 e. The number of hydrogen-bond acceptors (Lipinski definition) is 7. The second-order valence-electron chi connectivity index (χ2n) is 6.36. The molecule has 1 atom stereocenters. The Morgan fingerprint density at radius 1 is 1.20 bits per heavy atom. The molecule has 0 saturated heterocycles. The third-order valence-electron chi connectivity index (χ3n) is 4.55. The van der Waals surface area contributed by atoms with Crippen molar-refractivity contribution in [2.75, 3.05) is 19.5 Å². The monoisotopic (exact) mass is 422 g/mol. The van der Waals surface area contributed by atoms with Crippen LogP contribution >= 0.6 is 11.8 Å². The van der Waals surface area contributed by atoms with Gasteiger partial charge < -0.3 is 19.9 Å². The Hall–Kier alpha value is -3.37. The molecule has 1 heterocycles. The van der Waals surface area contributed by atoms with E-state index in [-0.39, 0.29) is 23.6 Å². The van der Waals surface area contributed by atoms with E-state index in [1.165, 1.54) is 11.8 Å². The summed E-state index contributed by atoms with van der Waals surface area (Å²) in [5.74, 6) is 0.212. The molecule has 2 N–H and O–H groups in total. The lowest BCUT2D eigenvalue weighted by Gasteiger charge is -2.28. The molecule has 2 aromatic rings. The van der Waals surface area contributed by atoms with Crippen molar-refractivity contribution >= 4 is 17.7 Å². The van der Waals surface area contributed by atoms with Crippen LogP contribution in [0.1, 0.15) is 18.4 Å². The number of allylic oxidation sites excluding steroid dienone is 1. The maximum atomic E-state index is 12.9. The van der Waals surface area contributed by atoms with Crippen LogP contribution in [0.2, 0.25) is 0 Å². The van der Waals surface area contributed by atoms with Crippen molar-refractivity contribution in [2.45, 2.75) is 17.7 Å². The van der Waals surface area contributed by atoms with Crippen LogP contribution in [0.5, 0.6) is 5.75 Å². The standard InChI is InChI=1S/C23H22N2O4S/c1-3-28-23(26)21-19(14-30-17-7-5-4-6-8-17)29-22(25)18(13-24)20(21)15-9-11-16(27-2)12-10-15/h4-12,20H,3,14,25H2,1-2H3. The van der Waals surface area contributed by atoms with E-state index in [0.717, 1.165) is 10.5 Å². The van der Waals surface area contributed by atoms with Crippen molar-refractivity contribution in [2.24, 2.45) is 5.73 Å². The lowest BCUT2D eigenvalue weighted by Crippen LogP contribution is -2.27. The Morgan fingerprint density at radius 3 is 2.50 bits per heavy atom. The lowest BCUT2D eigenvalue weighted by atomic mass is 9.83. The third-order valence-corrected chi connectivity index (χ3v) is 5.57. The molecular weight excluding hydrogens is 400 g/mol. The number of nitrogens with two attached hydrogens (primary N) is 1. The van der Waals surface area contributed by atoms with E-state index in [1.807, 2.05) is 30.3 Å². The Bertz CT molecular complexity index is 1010. The van der Waals surface area contributed by atoms with Crippen LogP contribution in [0.15, 0.2) is 82.3 Å². The number of hydrogen-bond donors (Lipinski definition) is 1. The molecule has 3 rings (SSSR count). The van der Waals surface area contributed by atoms with Crippen molar-refractivity contribution in [3.63, 3.8) is 0 Å². The molecule has 0 aliphatic carbocycles. The number of nitrogens with zero attached hydrogens (tertiary/aromatic N) is 1. The molecule has 0 radical (unpaired) electrons. The highest BCUT2D eigenvalue weighted by Gasteiger charge is 2.37. The van der Waals surface area contributed by atoms with Gasteiger partial charge in [-0.05, 0) is 36.8 Å².